The summed E-state index contributed by atoms with van der Waals surface area (Å²) in [6, 6.07) is 0. The number of oxazole rings is 1. The minimum atomic E-state index is -1.05. The number of nitrogens with one attached hydrogen (secondary N) is 1. The third-order valence-electron chi connectivity index (χ3n) is 4.68. The maximum absolute atomic E-state index is 12.2. The van der Waals surface area contributed by atoms with Gasteiger partial charge in [0.1, 0.15) is 11.4 Å². The zero-order chi connectivity index (χ0) is 17.3. The highest BCUT2D eigenvalue weighted by Crippen LogP contribution is 2.33. The zero-order valence-corrected chi connectivity index (χ0v) is 13.9. The number of hydrogen-bond acceptors (Lipinski definition) is 5. The lowest BCUT2D eigenvalue weighted by Gasteiger charge is -2.46. The first kappa shape index (κ1) is 16.7. The summed E-state index contributed by atoms with van der Waals surface area (Å²) in [5, 5.41) is 13.0. The number of nitrogens with zero attached hydrogens (tertiary/aromatic N) is 2. The molecule has 1 atom stereocenters. The fraction of sp³-hybridized carbons (Fsp3) is 0.588. The first-order chi connectivity index (χ1) is 11.4. The Hall–Kier alpha value is -2.15. The SMILES string of the molecule is C=CC(=O)N1CC(O)(CNC(=O)CC2CCCc3oc(C)nc32)C1. The molecule has 0 aromatic carbocycles. The molecule has 2 aliphatic rings. The summed E-state index contributed by atoms with van der Waals surface area (Å²) >= 11 is 0. The highest BCUT2D eigenvalue weighted by atomic mass is 16.4. The van der Waals surface area contributed by atoms with Crippen molar-refractivity contribution in [1.82, 2.24) is 15.2 Å². The number of carbonyl (C=O) groups excluding carboxylic acids is 2. The number of aryl methyl sites for hydroxylation is 2. The van der Waals surface area contributed by atoms with E-state index in [2.05, 4.69) is 16.9 Å². The second-order valence-corrected chi connectivity index (χ2v) is 6.73. The monoisotopic (exact) mass is 333 g/mol. The van der Waals surface area contributed by atoms with E-state index in [-0.39, 0.29) is 37.4 Å². The van der Waals surface area contributed by atoms with Gasteiger partial charge in [-0.1, -0.05) is 6.58 Å². The van der Waals surface area contributed by atoms with Crippen molar-refractivity contribution in [2.75, 3.05) is 19.6 Å². The normalized spacial score (nSPS) is 21.6. The molecular formula is C17H23N3O4. The van der Waals surface area contributed by atoms with Crippen molar-refractivity contribution >= 4 is 11.8 Å². The Kier molecular flexibility index (Phi) is 4.45. The fourth-order valence-corrected chi connectivity index (χ4v) is 3.45. The Morgan fingerprint density at radius 2 is 2.29 bits per heavy atom. The third kappa shape index (κ3) is 3.36. The highest BCUT2D eigenvalue weighted by molar-refractivity contribution is 5.88. The van der Waals surface area contributed by atoms with Crippen molar-refractivity contribution in [2.24, 2.45) is 0 Å². The second kappa shape index (κ2) is 6.39. The van der Waals surface area contributed by atoms with Gasteiger partial charge in [-0.3, -0.25) is 9.59 Å². The molecule has 7 nitrogen and oxygen atoms in total. The van der Waals surface area contributed by atoms with Gasteiger partial charge < -0.3 is 19.7 Å². The summed E-state index contributed by atoms with van der Waals surface area (Å²) in [7, 11) is 0. The van der Waals surface area contributed by atoms with Gasteiger partial charge in [-0.25, -0.2) is 4.98 Å². The average molecular weight is 333 g/mol. The molecule has 7 heteroatoms. The van der Waals surface area contributed by atoms with Gasteiger partial charge in [0.25, 0.3) is 0 Å². The summed E-state index contributed by atoms with van der Waals surface area (Å²) in [5.41, 5.74) is -0.143. The Morgan fingerprint density at radius 1 is 1.54 bits per heavy atom. The van der Waals surface area contributed by atoms with Gasteiger partial charge in [-0.15, -0.1) is 0 Å². The molecule has 1 unspecified atom stereocenters. The standard InChI is InChI=1S/C17H23N3O4/c1-3-15(22)20-9-17(23,10-20)8-18-14(21)7-12-5-4-6-13-16(12)19-11(2)24-13/h3,12,23H,1,4-10H2,2H3,(H,18,21). The lowest BCUT2D eigenvalue weighted by Crippen LogP contribution is -2.67. The maximum Gasteiger partial charge on any atom is 0.246 e. The molecule has 3 rings (SSSR count). The zero-order valence-electron chi connectivity index (χ0n) is 13.9. The van der Waals surface area contributed by atoms with E-state index in [1.165, 1.54) is 11.0 Å². The number of aliphatic hydroxyl groups is 1. The van der Waals surface area contributed by atoms with Crippen molar-refractivity contribution in [3.05, 3.63) is 30.0 Å². The summed E-state index contributed by atoms with van der Waals surface area (Å²) in [5.74, 6) is 1.29. The molecule has 1 aromatic rings. The highest BCUT2D eigenvalue weighted by Gasteiger charge is 2.43. The average Bonchev–Trinajstić information content (AvgIpc) is 2.91. The van der Waals surface area contributed by atoms with Crippen molar-refractivity contribution < 1.29 is 19.1 Å². The molecule has 0 radical (unpaired) electrons. The van der Waals surface area contributed by atoms with Gasteiger partial charge in [0, 0.05) is 32.2 Å². The minimum absolute atomic E-state index is 0.0704. The second-order valence-electron chi connectivity index (χ2n) is 6.73. The molecule has 130 valence electrons. The number of hydrogen-bond donors (Lipinski definition) is 2. The summed E-state index contributed by atoms with van der Waals surface area (Å²) in [4.78, 5) is 29.5. The van der Waals surface area contributed by atoms with Gasteiger partial charge in [-0.2, -0.15) is 0 Å². The molecule has 1 aliphatic carbocycles. The molecule has 1 saturated heterocycles. The third-order valence-corrected chi connectivity index (χ3v) is 4.68. The number of fused-ring (bicyclic) bond motifs is 1. The van der Waals surface area contributed by atoms with E-state index in [1.54, 1.807) is 0 Å². The van der Waals surface area contributed by atoms with Crippen molar-refractivity contribution in [2.45, 2.75) is 44.1 Å². The number of amides is 2. The van der Waals surface area contributed by atoms with Crippen LogP contribution in [0.4, 0.5) is 0 Å². The van der Waals surface area contributed by atoms with Gasteiger partial charge in [0.2, 0.25) is 11.8 Å². The van der Waals surface area contributed by atoms with E-state index in [1.807, 2.05) is 6.92 Å². The molecular weight excluding hydrogens is 310 g/mol. The Morgan fingerprint density at radius 3 is 3.00 bits per heavy atom. The minimum Gasteiger partial charge on any atom is -0.446 e. The van der Waals surface area contributed by atoms with Gasteiger partial charge >= 0.3 is 0 Å². The smallest absolute Gasteiger partial charge is 0.246 e. The van der Waals surface area contributed by atoms with E-state index in [0.717, 1.165) is 30.7 Å². The number of carbonyl (C=O) groups is 2. The quantitative estimate of drug-likeness (QED) is 0.772. The molecule has 1 aromatic heterocycles. The largest absolute Gasteiger partial charge is 0.446 e. The van der Waals surface area contributed by atoms with E-state index in [9.17, 15) is 14.7 Å². The Labute approximate surface area is 140 Å². The van der Waals surface area contributed by atoms with Crippen molar-refractivity contribution in [1.29, 1.82) is 0 Å². The van der Waals surface area contributed by atoms with Crippen LogP contribution in [0.25, 0.3) is 0 Å². The number of rotatable bonds is 5. The first-order valence-electron chi connectivity index (χ1n) is 8.27. The Balaban J connectivity index is 1.49. The molecule has 2 N–H and O–H groups in total. The first-order valence-corrected chi connectivity index (χ1v) is 8.27. The summed E-state index contributed by atoms with van der Waals surface area (Å²) in [6.07, 6.45) is 4.34. The summed E-state index contributed by atoms with van der Waals surface area (Å²) in [6.45, 7) is 5.81. The van der Waals surface area contributed by atoms with Crippen LogP contribution in [0.1, 0.15) is 42.5 Å². The number of likely N-dealkylation sites (tertiary alicyclic amines) is 1. The predicted octanol–water partition coefficient (Wildman–Crippen LogP) is 0.669. The van der Waals surface area contributed by atoms with E-state index < -0.39 is 5.60 Å². The van der Waals surface area contributed by atoms with Crippen LogP contribution in [0.5, 0.6) is 0 Å². The van der Waals surface area contributed by atoms with Crippen molar-refractivity contribution in [3.63, 3.8) is 0 Å². The van der Waals surface area contributed by atoms with Crippen LogP contribution in [0, 0.1) is 6.92 Å². The maximum atomic E-state index is 12.2. The molecule has 0 bridgehead atoms. The van der Waals surface area contributed by atoms with Crippen molar-refractivity contribution in [3.8, 4) is 0 Å². The fourth-order valence-electron chi connectivity index (χ4n) is 3.45. The lowest BCUT2D eigenvalue weighted by molar-refractivity contribution is -0.150. The van der Waals surface area contributed by atoms with E-state index in [4.69, 9.17) is 4.42 Å². The summed E-state index contributed by atoms with van der Waals surface area (Å²) < 4.78 is 5.58. The topological polar surface area (TPSA) is 95.7 Å². The molecule has 0 saturated carbocycles. The molecule has 24 heavy (non-hydrogen) atoms. The lowest BCUT2D eigenvalue weighted by atomic mass is 9.87. The van der Waals surface area contributed by atoms with Gasteiger partial charge in [-0.05, 0) is 18.9 Å². The van der Waals surface area contributed by atoms with Crippen LogP contribution in [-0.2, 0) is 16.0 Å². The molecule has 1 aliphatic heterocycles. The van der Waals surface area contributed by atoms with Crippen LogP contribution < -0.4 is 5.32 Å². The van der Waals surface area contributed by atoms with Crippen LogP contribution in [-0.4, -0.2) is 52.0 Å². The van der Waals surface area contributed by atoms with E-state index in [0.29, 0.717) is 12.3 Å². The Bertz CT molecular complexity index is 661. The van der Waals surface area contributed by atoms with Crippen LogP contribution in [0.15, 0.2) is 17.1 Å². The number of β-amino-alcohol motifs (C(OH)–C–C–N with tert-alkyl or cyclic N) is 1. The molecule has 2 amide bonds. The predicted molar refractivity (Wildman–Crippen MR) is 86.3 cm³/mol. The van der Waals surface area contributed by atoms with E-state index >= 15 is 0 Å². The van der Waals surface area contributed by atoms with Gasteiger partial charge in [0.15, 0.2) is 5.89 Å². The molecule has 2 heterocycles. The molecule has 0 spiro atoms. The van der Waals surface area contributed by atoms with Crippen LogP contribution in [0.3, 0.4) is 0 Å². The van der Waals surface area contributed by atoms with Gasteiger partial charge in [0.05, 0.1) is 18.8 Å². The van der Waals surface area contributed by atoms with Crippen LogP contribution >= 0.6 is 0 Å². The van der Waals surface area contributed by atoms with Crippen LogP contribution in [0.2, 0.25) is 0 Å². The number of aromatic nitrogens is 1. The molecule has 1 fully saturated rings.